The number of halogens is 2. The van der Waals surface area contributed by atoms with Crippen molar-refractivity contribution in [1.29, 1.82) is 0 Å². The predicted octanol–water partition coefficient (Wildman–Crippen LogP) is 6.13. The molecule has 1 heterocycles. The number of rotatable bonds is 6. The molecule has 0 saturated carbocycles. The highest BCUT2D eigenvalue weighted by Gasteiger charge is 2.26. The number of ketones is 1. The van der Waals surface area contributed by atoms with Crippen LogP contribution < -0.4 is 10.1 Å². The minimum absolute atomic E-state index is 0.186. The van der Waals surface area contributed by atoms with Crippen LogP contribution in [0.25, 0.3) is 10.9 Å². The number of ether oxygens (including phenoxy) is 1. The van der Waals surface area contributed by atoms with E-state index in [4.69, 9.17) is 27.9 Å². The lowest BCUT2D eigenvalue weighted by atomic mass is 10.1. The van der Waals surface area contributed by atoms with E-state index < -0.39 is 11.7 Å². The van der Waals surface area contributed by atoms with Gasteiger partial charge in [0.15, 0.2) is 0 Å². The standard InChI is InChI=1S/C25H20Cl2N2O3/c1-15-3-12-21-20(13-15)22(24(27)29(21)14-16-4-6-17(26)7-5-16)23(30)25(31)28-18-8-10-19(32-2)11-9-18/h3-13H,14H2,1-2H3,(H,28,31). The maximum absolute atomic E-state index is 13.2. The minimum atomic E-state index is -0.760. The van der Waals surface area contributed by atoms with Crippen LogP contribution in [0.4, 0.5) is 5.69 Å². The highest BCUT2D eigenvalue weighted by atomic mass is 35.5. The Morgan fingerprint density at radius 1 is 0.969 bits per heavy atom. The van der Waals surface area contributed by atoms with E-state index in [1.807, 2.05) is 41.8 Å². The van der Waals surface area contributed by atoms with E-state index in [2.05, 4.69) is 5.32 Å². The molecule has 0 aliphatic rings. The lowest BCUT2D eigenvalue weighted by Crippen LogP contribution is -2.23. The van der Waals surface area contributed by atoms with Crippen LogP contribution in [0.5, 0.6) is 5.75 Å². The number of Topliss-reactive ketones (excluding diaryl/α,β-unsaturated/α-hetero) is 1. The number of aryl methyl sites for hydroxylation is 1. The number of amides is 1. The molecule has 0 aliphatic carbocycles. The summed E-state index contributed by atoms with van der Waals surface area (Å²) < 4.78 is 6.94. The average molecular weight is 467 g/mol. The van der Waals surface area contributed by atoms with Gasteiger partial charge in [0.05, 0.1) is 18.2 Å². The Balaban J connectivity index is 1.71. The maximum atomic E-state index is 13.2. The van der Waals surface area contributed by atoms with Crippen LogP contribution in [0.3, 0.4) is 0 Å². The first-order valence-electron chi connectivity index (χ1n) is 9.90. The van der Waals surface area contributed by atoms with Crippen molar-refractivity contribution in [2.75, 3.05) is 12.4 Å². The van der Waals surface area contributed by atoms with Gasteiger partial charge in [-0.25, -0.2) is 0 Å². The Kier molecular flexibility index (Phi) is 6.21. The summed E-state index contributed by atoms with van der Waals surface area (Å²) in [6, 6.07) is 19.9. The van der Waals surface area contributed by atoms with Crippen molar-refractivity contribution in [1.82, 2.24) is 4.57 Å². The molecule has 1 aromatic heterocycles. The fourth-order valence-corrected chi connectivity index (χ4v) is 4.02. The van der Waals surface area contributed by atoms with Gasteiger partial charge in [0, 0.05) is 22.6 Å². The third-order valence-corrected chi connectivity index (χ3v) is 5.84. The second kappa shape index (κ2) is 9.07. The number of aromatic nitrogens is 1. The normalized spacial score (nSPS) is 10.9. The predicted molar refractivity (Wildman–Crippen MR) is 128 cm³/mol. The molecule has 0 radical (unpaired) electrons. The lowest BCUT2D eigenvalue weighted by molar-refractivity contribution is -0.112. The molecule has 0 saturated heterocycles. The summed E-state index contributed by atoms with van der Waals surface area (Å²) in [6.07, 6.45) is 0. The maximum Gasteiger partial charge on any atom is 0.296 e. The smallest absolute Gasteiger partial charge is 0.296 e. The Labute approximate surface area is 195 Å². The number of fused-ring (bicyclic) bond motifs is 1. The van der Waals surface area contributed by atoms with Gasteiger partial charge in [-0.3, -0.25) is 9.59 Å². The van der Waals surface area contributed by atoms with E-state index in [9.17, 15) is 9.59 Å². The summed E-state index contributed by atoms with van der Waals surface area (Å²) in [5.74, 6) is -0.807. The SMILES string of the molecule is COc1ccc(NC(=O)C(=O)c2c(Cl)n(Cc3ccc(Cl)cc3)c3ccc(C)cc23)cc1. The van der Waals surface area contributed by atoms with Gasteiger partial charge in [0.2, 0.25) is 0 Å². The van der Waals surface area contributed by atoms with Crippen molar-refractivity contribution in [2.24, 2.45) is 0 Å². The molecule has 1 amide bonds. The van der Waals surface area contributed by atoms with Crippen LogP contribution in [0.2, 0.25) is 10.2 Å². The fraction of sp³-hybridized carbons (Fsp3) is 0.120. The van der Waals surface area contributed by atoms with Gasteiger partial charge in [0.25, 0.3) is 11.7 Å². The first-order valence-corrected chi connectivity index (χ1v) is 10.7. The van der Waals surface area contributed by atoms with Gasteiger partial charge in [-0.1, -0.05) is 47.0 Å². The molecular formula is C25H20Cl2N2O3. The van der Waals surface area contributed by atoms with Gasteiger partial charge in [0.1, 0.15) is 10.9 Å². The molecule has 162 valence electrons. The summed E-state index contributed by atoms with van der Waals surface area (Å²) in [6.45, 7) is 2.36. The quantitative estimate of drug-likeness (QED) is 0.274. The molecule has 32 heavy (non-hydrogen) atoms. The van der Waals surface area contributed by atoms with Gasteiger partial charge >= 0.3 is 0 Å². The van der Waals surface area contributed by atoms with Crippen LogP contribution in [0, 0.1) is 6.92 Å². The molecule has 0 bridgehead atoms. The zero-order chi connectivity index (χ0) is 22.8. The molecule has 0 unspecified atom stereocenters. The summed E-state index contributed by atoms with van der Waals surface area (Å²) in [4.78, 5) is 26.0. The number of hydrogen-bond acceptors (Lipinski definition) is 3. The van der Waals surface area contributed by atoms with Gasteiger partial charge < -0.3 is 14.6 Å². The molecule has 3 aromatic carbocycles. The van der Waals surface area contributed by atoms with Crippen LogP contribution in [0.1, 0.15) is 21.5 Å². The summed E-state index contributed by atoms with van der Waals surface area (Å²) in [7, 11) is 1.56. The van der Waals surface area contributed by atoms with Crippen molar-refractivity contribution in [3.8, 4) is 5.75 Å². The molecule has 0 fully saturated rings. The first kappa shape index (κ1) is 21.9. The van der Waals surface area contributed by atoms with Gasteiger partial charge in [-0.2, -0.15) is 0 Å². The fourth-order valence-electron chi connectivity index (χ4n) is 3.56. The molecular weight excluding hydrogens is 447 g/mol. The zero-order valence-corrected chi connectivity index (χ0v) is 19.0. The number of nitrogens with zero attached hydrogens (tertiary/aromatic N) is 1. The largest absolute Gasteiger partial charge is 0.497 e. The van der Waals surface area contributed by atoms with Crippen molar-refractivity contribution < 1.29 is 14.3 Å². The number of benzene rings is 3. The van der Waals surface area contributed by atoms with Crippen molar-refractivity contribution in [2.45, 2.75) is 13.5 Å². The number of anilines is 1. The zero-order valence-electron chi connectivity index (χ0n) is 17.5. The van der Waals surface area contributed by atoms with Crippen LogP contribution in [-0.4, -0.2) is 23.4 Å². The van der Waals surface area contributed by atoms with Gasteiger partial charge in [-0.05, 0) is 61.0 Å². The van der Waals surface area contributed by atoms with E-state index in [0.29, 0.717) is 28.4 Å². The number of nitrogens with one attached hydrogen (secondary N) is 1. The second-order valence-electron chi connectivity index (χ2n) is 7.41. The molecule has 4 rings (SSSR count). The average Bonchev–Trinajstić information content (AvgIpc) is 3.05. The van der Waals surface area contributed by atoms with E-state index in [0.717, 1.165) is 16.6 Å². The molecule has 4 aromatic rings. The summed E-state index contributed by atoms with van der Waals surface area (Å²) in [5, 5.41) is 4.13. The van der Waals surface area contributed by atoms with Crippen LogP contribution >= 0.6 is 23.2 Å². The van der Waals surface area contributed by atoms with E-state index in [1.54, 1.807) is 43.5 Å². The molecule has 7 heteroatoms. The molecule has 5 nitrogen and oxygen atoms in total. The highest BCUT2D eigenvalue weighted by molar-refractivity contribution is 6.51. The Morgan fingerprint density at radius 3 is 2.31 bits per heavy atom. The molecule has 1 N–H and O–H groups in total. The third-order valence-electron chi connectivity index (χ3n) is 5.19. The van der Waals surface area contributed by atoms with E-state index in [1.165, 1.54) is 0 Å². The Hall–Kier alpha value is -3.28. The van der Waals surface area contributed by atoms with Crippen LogP contribution in [0.15, 0.2) is 66.7 Å². The topological polar surface area (TPSA) is 60.3 Å². The van der Waals surface area contributed by atoms with E-state index in [-0.39, 0.29) is 10.7 Å². The second-order valence-corrected chi connectivity index (χ2v) is 8.21. The summed E-state index contributed by atoms with van der Waals surface area (Å²) in [5.41, 5.74) is 3.38. The van der Waals surface area contributed by atoms with Crippen LogP contribution in [-0.2, 0) is 11.3 Å². The number of hydrogen-bond donors (Lipinski definition) is 1. The minimum Gasteiger partial charge on any atom is -0.497 e. The lowest BCUT2D eigenvalue weighted by Gasteiger charge is -2.08. The molecule has 0 atom stereocenters. The summed E-state index contributed by atoms with van der Waals surface area (Å²) >= 11 is 12.7. The monoisotopic (exact) mass is 466 g/mol. The number of carbonyl (C=O) groups excluding carboxylic acids is 2. The number of carbonyl (C=O) groups is 2. The van der Waals surface area contributed by atoms with Crippen molar-refractivity contribution in [3.05, 3.63) is 93.6 Å². The number of methoxy groups -OCH3 is 1. The first-order chi connectivity index (χ1) is 15.4. The van der Waals surface area contributed by atoms with Crippen molar-refractivity contribution in [3.63, 3.8) is 0 Å². The van der Waals surface area contributed by atoms with Crippen molar-refractivity contribution >= 4 is 51.5 Å². The Bertz CT molecular complexity index is 1310. The molecule has 0 aliphatic heterocycles. The van der Waals surface area contributed by atoms with Gasteiger partial charge in [-0.15, -0.1) is 0 Å². The molecule has 0 spiro atoms. The van der Waals surface area contributed by atoms with E-state index >= 15 is 0 Å². The third kappa shape index (κ3) is 4.35. The Morgan fingerprint density at radius 2 is 1.66 bits per heavy atom. The highest BCUT2D eigenvalue weighted by Crippen LogP contribution is 2.32.